The van der Waals surface area contributed by atoms with E-state index in [1.165, 1.54) is 36.8 Å². The van der Waals surface area contributed by atoms with Crippen molar-refractivity contribution in [3.8, 4) is 0 Å². The smallest absolute Gasteiger partial charge is 0.0522 e. The van der Waals surface area contributed by atoms with E-state index < -0.39 is 0 Å². The molecule has 1 heteroatoms. The number of hydrogen-bond acceptors (Lipinski definition) is 1. The Morgan fingerprint density at radius 1 is 1.06 bits per heavy atom. The first-order valence-electron chi connectivity index (χ1n) is 7.24. The minimum Gasteiger partial charge on any atom is -0.395 e. The fourth-order valence-corrected chi connectivity index (χ4v) is 2.89. The Kier molecular flexibility index (Phi) is 4.11. The van der Waals surface area contributed by atoms with Gasteiger partial charge < -0.3 is 5.11 Å². The molecule has 1 fully saturated rings. The van der Waals surface area contributed by atoms with E-state index in [2.05, 4.69) is 45.0 Å². The molecule has 1 aliphatic rings. The molecule has 0 aromatic heterocycles. The van der Waals surface area contributed by atoms with Gasteiger partial charge in [-0.15, -0.1) is 0 Å². The lowest BCUT2D eigenvalue weighted by atomic mass is 9.78. The molecule has 1 N–H and O–H groups in total. The van der Waals surface area contributed by atoms with Crippen molar-refractivity contribution in [3.05, 3.63) is 35.4 Å². The van der Waals surface area contributed by atoms with Crippen molar-refractivity contribution in [1.29, 1.82) is 0 Å². The number of aliphatic hydroxyl groups is 1. The molecule has 0 saturated heterocycles. The average Bonchev–Trinajstić information content (AvgIpc) is 2.40. The van der Waals surface area contributed by atoms with E-state index in [-0.39, 0.29) is 12.0 Å². The van der Waals surface area contributed by atoms with E-state index >= 15 is 0 Å². The molecule has 0 spiro atoms. The van der Waals surface area contributed by atoms with Crippen molar-refractivity contribution in [2.24, 2.45) is 5.92 Å². The fourth-order valence-electron chi connectivity index (χ4n) is 2.89. The summed E-state index contributed by atoms with van der Waals surface area (Å²) in [5.41, 5.74) is 2.59. The maximum atomic E-state index is 9.39. The van der Waals surface area contributed by atoms with Crippen molar-refractivity contribution in [2.75, 3.05) is 6.61 Å². The lowest BCUT2D eigenvalue weighted by molar-refractivity contribution is 0.218. The summed E-state index contributed by atoms with van der Waals surface area (Å²) < 4.78 is 0. The maximum Gasteiger partial charge on any atom is 0.0522 e. The topological polar surface area (TPSA) is 20.2 Å². The van der Waals surface area contributed by atoms with Crippen molar-refractivity contribution in [2.45, 2.75) is 57.8 Å². The van der Waals surface area contributed by atoms with Gasteiger partial charge in [0.05, 0.1) is 6.61 Å². The molecule has 1 aliphatic carbocycles. The summed E-state index contributed by atoms with van der Waals surface area (Å²) in [5.74, 6) is 1.67. The highest BCUT2D eigenvalue weighted by Gasteiger charge is 2.22. The van der Waals surface area contributed by atoms with Crippen LogP contribution >= 0.6 is 0 Å². The highest BCUT2D eigenvalue weighted by atomic mass is 16.3. The Morgan fingerprint density at radius 2 is 1.61 bits per heavy atom. The highest BCUT2D eigenvalue weighted by Crippen LogP contribution is 2.36. The van der Waals surface area contributed by atoms with E-state index in [9.17, 15) is 5.11 Å². The third-order valence-corrected chi connectivity index (χ3v) is 4.57. The second kappa shape index (κ2) is 5.44. The molecule has 0 aliphatic heterocycles. The molecular formula is C17H26O. The van der Waals surface area contributed by atoms with Crippen LogP contribution in [0, 0.1) is 5.92 Å². The van der Waals surface area contributed by atoms with E-state index in [1.807, 2.05) is 0 Å². The Balaban J connectivity index is 2.08. The Morgan fingerprint density at radius 3 is 2.11 bits per heavy atom. The van der Waals surface area contributed by atoms with Crippen LogP contribution in [0.5, 0.6) is 0 Å². The first-order valence-corrected chi connectivity index (χ1v) is 7.24. The molecule has 1 nitrogen and oxygen atoms in total. The second-order valence-electron chi connectivity index (χ2n) is 6.62. The third kappa shape index (κ3) is 2.95. The molecule has 1 aromatic rings. The summed E-state index contributed by atoms with van der Waals surface area (Å²) >= 11 is 0. The Bertz CT molecular complexity index is 369. The largest absolute Gasteiger partial charge is 0.395 e. The molecule has 0 heterocycles. The summed E-state index contributed by atoms with van der Waals surface area (Å²) in [6.07, 6.45) is 5.41. The van der Waals surface area contributed by atoms with Gasteiger partial charge in [-0.3, -0.25) is 0 Å². The maximum absolute atomic E-state index is 9.39. The molecule has 0 amide bonds. The van der Waals surface area contributed by atoms with Crippen LogP contribution in [0.25, 0.3) is 0 Å². The van der Waals surface area contributed by atoms with Gasteiger partial charge in [-0.1, -0.05) is 57.9 Å². The van der Waals surface area contributed by atoms with Crippen LogP contribution in [-0.4, -0.2) is 11.7 Å². The SMILES string of the molecule is CC1CCC(c2ccc(C(C)(C)CO)cc2)CC1. The lowest BCUT2D eigenvalue weighted by Crippen LogP contribution is -2.22. The Labute approximate surface area is 111 Å². The molecule has 0 atom stereocenters. The van der Waals surface area contributed by atoms with Gasteiger partial charge in [0, 0.05) is 5.41 Å². The van der Waals surface area contributed by atoms with Crippen LogP contribution in [-0.2, 0) is 5.41 Å². The van der Waals surface area contributed by atoms with E-state index in [1.54, 1.807) is 0 Å². The summed E-state index contributed by atoms with van der Waals surface area (Å²) in [4.78, 5) is 0. The predicted molar refractivity (Wildman–Crippen MR) is 76.9 cm³/mol. The van der Waals surface area contributed by atoms with Gasteiger partial charge in [-0.2, -0.15) is 0 Å². The molecule has 100 valence electrons. The average molecular weight is 246 g/mol. The molecular weight excluding hydrogens is 220 g/mol. The number of benzene rings is 1. The van der Waals surface area contributed by atoms with E-state index in [4.69, 9.17) is 0 Å². The Hall–Kier alpha value is -0.820. The zero-order valence-electron chi connectivity index (χ0n) is 11.9. The molecule has 1 saturated carbocycles. The zero-order valence-corrected chi connectivity index (χ0v) is 11.9. The molecule has 1 aromatic carbocycles. The first-order chi connectivity index (χ1) is 8.53. The van der Waals surface area contributed by atoms with Crippen LogP contribution in [0.4, 0.5) is 0 Å². The second-order valence-corrected chi connectivity index (χ2v) is 6.62. The van der Waals surface area contributed by atoms with E-state index in [0.717, 1.165) is 11.8 Å². The number of hydrogen-bond donors (Lipinski definition) is 1. The van der Waals surface area contributed by atoms with Crippen LogP contribution in [0.1, 0.15) is 63.5 Å². The van der Waals surface area contributed by atoms with Crippen molar-refractivity contribution in [3.63, 3.8) is 0 Å². The van der Waals surface area contributed by atoms with Crippen LogP contribution in [0.15, 0.2) is 24.3 Å². The first kappa shape index (κ1) is 13.6. The highest BCUT2D eigenvalue weighted by molar-refractivity contribution is 5.30. The van der Waals surface area contributed by atoms with Crippen LogP contribution < -0.4 is 0 Å². The fraction of sp³-hybridized carbons (Fsp3) is 0.647. The lowest BCUT2D eigenvalue weighted by Gasteiger charge is -2.27. The van der Waals surface area contributed by atoms with Gasteiger partial charge in [0.25, 0.3) is 0 Å². The summed E-state index contributed by atoms with van der Waals surface area (Å²) in [7, 11) is 0. The van der Waals surface area contributed by atoms with Gasteiger partial charge in [-0.05, 0) is 35.8 Å². The number of rotatable bonds is 3. The molecule has 0 radical (unpaired) electrons. The standard InChI is InChI=1S/C17H26O/c1-13-4-6-14(7-5-13)15-8-10-16(11-9-15)17(2,3)12-18/h8-11,13-14,18H,4-7,12H2,1-3H3. The molecule has 0 bridgehead atoms. The summed E-state index contributed by atoms with van der Waals surface area (Å²) in [5, 5.41) is 9.39. The molecule has 18 heavy (non-hydrogen) atoms. The minimum absolute atomic E-state index is 0.125. The van der Waals surface area contributed by atoms with Crippen molar-refractivity contribution in [1.82, 2.24) is 0 Å². The van der Waals surface area contributed by atoms with Crippen molar-refractivity contribution >= 4 is 0 Å². The quantitative estimate of drug-likeness (QED) is 0.845. The van der Waals surface area contributed by atoms with E-state index in [0.29, 0.717) is 0 Å². The van der Waals surface area contributed by atoms with Gasteiger partial charge in [-0.25, -0.2) is 0 Å². The summed E-state index contributed by atoms with van der Waals surface area (Å²) in [6.45, 7) is 6.74. The van der Waals surface area contributed by atoms with Gasteiger partial charge in [0.1, 0.15) is 0 Å². The predicted octanol–water partition coefficient (Wildman–Crippen LogP) is 4.25. The third-order valence-electron chi connectivity index (χ3n) is 4.57. The van der Waals surface area contributed by atoms with Gasteiger partial charge >= 0.3 is 0 Å². The normalized spacial score (nSPS) is 25.1. The van der Waals surface area contributed by atoms with Crippen LogP contribution in [0.2, 0.25) is 0 Å². The van der Waals surface area contributed by atoms with Crippen LogP contribution in [0.3, 0.4) is 0 Å². The zero-order chi connectivity index (χ0) is 13.2. The van der Waals surface area contributed by atoms with Crippen molar-refractivity contribution < 1.29 is 5.11 Å². The monoisotopic (exact) mass is 246 g/mol. The van der Waals surface area contributed by atoms with Gasteiger partial charge in [0.15, 0.2) is 0 Å². The summed E-state index contributed by atoms with van der Waals surface area (Å²) in [6, 6.07) is 8.94. The molecule has 0 unspecified atom stereocenters. The minimum atomic E-state index is -0.125. The number of aliphatic hydroxyl groups excluding tert-OH is 1. The van der Waals surface area contributed by atoms with Gasteiger partial charge in [0.2, 0.25) is 0 Å². The molecule has 2 rings (SSSR count).